The van der Waals surface area contributed by atoms with Crippen molar-refractivity contribution < 1.29 is 9.53 Å². The lowest BCUT2D eigenvalue weighted by Gasteiger charge is -2.32. The lowest BCUT2D eigenvalue weighted by Crippen LogP contribution is -2.38. The van der Waals surface area contributed by atoms with Gasteiger partial charge in [0.2, 0.25) is 0 Å². The van der Waals surface area contributed by atoms with Crippen molar-refractivity contribution in [2.24, 2.45) is 5.92 Å². The van der Waals surface area contributed by atoms with Crippen molar-refractivity contribution in [3.63, 3.8) is 0 Å². The lowest BCUT2D eigenvalue weighted by molar-refractivity contribution is 0.0690. The summed E-state index contributed by atoms with van der Waals surface area (Å²) in [6, 6.07) is 22.0. The molecule has 0 radical (unpaired) electrons. The molecule has 2 heterocycles. The minimum atomic E-state index is 0.0926. The number of pyridine rings is 1. The predicted octanol–water partition coefficient (Wildman–Crippen LogP) is 4.76. The zero-order valence-electron chi connectivity index (χ0n) is 16.5. The topological polar surface area (TPSA) is 42.4 Å². The number of nitrogens with zero attached hydrogens (tertiary/aromatic N) is 2. The van der Waals surface area contributed by atoms with Gasteiger partial charge in [-0.15, -0.1) is 0 Å². The Morgan fingerprint density at radius 3 is 2.52 bits per heavy atom. The van der Waals surface area contributed by atoms with Gasteiger partial charge in [-0.2, -0.15) is 0 Å². The van der Waals surface area contributed by atoms with Gasteiger partial charge in [0.1, 0.15) is 12.4 Å². The van der Waals surface area contributed by atoms with Gasteiger partial charge in [-0.3, -0.25) is 9.78 Å². The van der Waals surface area contributed by atoms with Crippen molar-refractivity contribution >= 4 is 5.91 Å². The fourth-order valence-corrected chi connectivity index (χ4v) is 3.84. The Morgan fingerprint density at radius 2 is 1.76 bits per heavy atom. The highest BCUT2D eigenvalue weighted by molar-refractivity contribution is 5.94. The first-order chi connectivity index (χ1) is 14.3. The van der Waals surface area contributed by atoms with Crippen molar-refractivity contribution in [1.29, 1.82) is 0 Å². The zero-order chi connectivity index (χ0) is 19.9. The predicted molar refractivity (Wildman–Crippen MR) is 114 cm³/mol. The van der Waals surface area contributed by atoms with E-state index in [9.17, 15) is 4.79 Å². The standard InChI is InChI=1S/C25H26N2O2/c28-25(27-14-11-21(12-15-27)16-20-6-2-1-3-7-20)23-9-4-10-24(17-23)29-19-22-8-5-13-26-18-22/h1-10,13,17-18,21H,11-12,14-16,19H2. The third kappa shape index (κ3) is 5.23. The van der Waals surface area contributed by atoms with Crippen LogP contribution in [0.4, 0.5) is 0 Å². The highest BCUT2D eigenvalue weighted by Crippen LogP contribution is 2.24. The Balaban J connectivity index is 1.31. The van der Waals surface area contributed by atoms with Crippen LogP contribution in [-0.2, 0) is 13.0 Å². The molecule has 1 aliphatic heterocycles. The molecule has 1 amide bonds. The van der Waals surface area contributed by atoms with Crippen LogP contribution >= 0.6 is 0 Å². The second-order valence-electron chi connectivity index (χ2n) is 7.60. The highest BCUT2D eigenvalue weighted by Gasteiger charge is 2.24. The maximum atomic E-state index is 13.0. The highest BCUT2D eigenvalue weighted by atomic mass is 16.5. The molecule has 0 spiro atoms. The van der Waals surface area contributed by atoms with Gasteiger partial charge >= 0.3 is 0 Å². The maximum absolute atomic E-state index is 13.0. The lowest BCUT2D eigenvalue weighted by atomic mass is 9.90. The average Bonchev–Trinajstić information content (AvgIpc) is 2.79. The molecule has 0 atom stereocenters. The number of carbonyl (C=O) groups excluding carboxylic acids is 1. The van der Waals surface area contributed by atoms with E-state index in [4.69, 9.17) is 4.74 Å². The van der Waals surface area contributed by atoms with Crippen LogP contribution in [0.2, 0.25) is 0 Å². The summed E-state index contributed by atoms with van der Waals surface area (Å²) in [5.74, 6) is 1.45. The summed E-state index contributed by atoms with van der Waals surface area (Å²) < 4.78 is 5.84. The number of ether oxygens (including phenoxy) is 1. The molecule has 1 aromatic heterocycles. The first kappa shape index (κ1) is 19.2. The second-order valence-corrected chi connectivity index (χ2v) is 7.60. The molecule has 148 valence electrons. The molecule has 29 heavy (non-hydrogen) atoms. The summed E-state index contributed by atoms with van der Waals surface area (Å²) in [4.78, 5) is 19.0. The number of piperidine rings is 1. The monoisotopic (exact) mass is 386 g/mol. The van der Waals surface area contributed by atoms with Crippen LogP contribution < -0.4 is 4.74 Å². The molecular formula is C25H26N2O2. The van der Waals surface area contributed by atoms with E-state index in [1.54, 1.807) is 12.4 Å². The van der Waals surface area contributed by atoms with E-state index in [0.29, 0.717) is 23.8 Å². The summed E-state index contributed by atoms with van der Waals surface area (Å²) in [5, 5.41) is 0. The number of aromatic nitrogens is 1. The number of hydrogen-bond donors (Lipinski definition) is 0. The van der Waals surface area contributed by atoms with Crippen molar-refractivity contribution in [2.45, 2.75) is 25.9 Å². The molecule has 0 aliphatic carbocycles. The molecule has 0 N–H and O–H groups in total. The number of rotatable bonds is 6. The number of likely N-dealkylation sites (tertiary alicyclic amines) is 1. The first-order valence-corrected chi connectivity index (χ1v) is 10.2. The summed E-state index contributed by atoms with van der Waals surface area (Å²) in [6.45, 7) is 2.07. The normalized spacial score (nSPS) is 14.6. The van der Waals surface area contributed by atoms with Gasteiger partial charge in [0.25, 0.3) is 5.91 Å². The number of amides is 1. The van der Waals surface area contributed by atoms with Crippen molar-refractivity contribution in [3.8, 4) is 5.75 Å². The fraction of sp³-hybridized carbons (Fsp3) is 0.280. The molecule has 0 bridgehead atoms. The van der Waals surface area contributed by atoms with Crippen LogP contribution in [0.5, 0.6) is 5.75 Å². The molecule has 3 aromatic rings. The molecule has 1 aliphatic rings. The third-order valence-electron chi connectivity index (χ3n) is 5.48. The molecule has 4 nitrogen and oxygen atoms in total. The van der Waals surface area contributed by atoms with Crippen molar-refractivity contribution in [2.75, 3.05) is 13.1 Å². The Kier molecular flexibility index (Phi) is 6.20. The van der Waals surface area contributed by atoms with Gasteiger partial charge in [-0.1, -0.05) is 42.5 Å². The van der Waals surface area contributed by atoms with Crippen LogP contribution in [0, 0.1) is 5.92 Å². The molecule has 1 saturated heterocycles. The van der Waals surface area contributed by atoms with Gasteiger partial charge in [0, 0.05) is 36.6 Å². The zero-order valence-corrected chi connectivity index (χ0v) is 16.5. The summed E-state index contributed by atoms with van der Waals surface area (Å²) >= 11 is 0. The fourth-order valence-electron chi connectivity index (χ4n) is 3.84. The van der Waals surface area contributed by atoms with Gasteiger partial charge in [-0.05, 0) is 55.0 Å². The van der Waals surface area contributed by atoms with E-state index in [1.165, 1.54) is 5.56 Å². The SMILES string of the molecule is O=C(c1cccc(OCc2cccnc2)c1)N1CCC(Cc2ccccc2)CC1. The van der Waals surface area contributed by atoms with Crippen LogP contribution in [0.15, 0.2) is 79.1 Å². The molecule has 4 heteroatoms. The first-order valence-electron chi connectivity index (χ1n) is 10.2. The summed E-state index contributed by atoms with van der Waals surface area (Å²) in [5.41, 5.74) is 3.08. The minimum absolute atomic E-state index is 0.0926. The van der Waals surface area contributed by atoms with Gasteiger partial charge < -0.3 is 9.64 Å². The molecule has 1 fully saturated rings. The van der Waals surface area contributed by atoms with E-state index in [1.807, 2.05) is 41.3 Å². The van der Waals surface area contributed by atoms with Crippen molar-refractivity contribution in [1.82, 2.24) is 9.88 Å². The molecule has 2 aromatic carbocycles. The Labute approximate surface area is 172 Å². The van der Waals surface area contributed by atoms with Crippen LogP contribution in [0.1, 0.15) is 34.3 Å². The Morgan fingerprint density at radius 1 is 0.966 bits per heavy atom. The Bertz CT molecular complexity index is 920. The smallest absolute Gasteiger partial charge is 0.253 e. The molecule has 0 saturated carbocycles. The van der Waals surface area contributed by atoms with E-state index < -0.39 is 0 Å². The van der Waals surface area contributed by atoms with E-state index in [-0.39, 0.29) is 5.91 Å². The van der Waals surface area contributed by atoms with Crippen LogP contribution in [0.25, 0.3) is 0 Å². The van der Waals surface area contributed by atoms with Crippen LogP contribution in [-0.4, -0.2) is 28.9 Å². The van der Waals surface area contributed by atoms with Gasteiger partial charge in [-0.25, -0.2) is 0 Å². The van der Waals surface area contributed by atoms with Gasteiger partial charge in [0.05, 0.1) is 0 Å². The van der Waals surface area contributed by atoms with Crippen LogP contribution in [0.3, 0.4) is 0 Å². The largest absolute Gasteiger partial charge is 0.489 e. The number of benzene rings is 2. The average molecular weight is 386 g/mol. The second kappa shape index (κ2) is 9.37. The molecule has 0 unspecified atom stereocenters. The quantitative estimate of drug-likeness (QED) is 0.614. The third-order valence-corrected chi connectivity index (χ3v) is 5.48. The minimum Gasteiger partial charge on any atom is -0.489 e. The van der Waals surface area contributed by atoms with E-state index >= 15 is 0 Å². The summed E-state index contributed by atoms with van der Waals surface area (Å²) in [6.07, 6.45) is 6.73. The molecule has 4 rings (SSSR count). The van der Waals surface area contributed by atoms with Gasteiger partial charge in [0.15, 0.2) is 0 Å². The Hall–Kier alpha value is -3.14. The van der Waals surface area contributed by atoms with E-state index in [2.05, 4.69) is 35.3 Å². The maximum Gasteiger partial charge on any atom is 0.253 e. The molecular weight excluding hydrogens is 360 g/mol. The number of carbonyl (C=O) groups is 1. The van der Waals surface area contributed by atoms with E-state index in [0.717, 1.165) is 37.9 Å². The number of hydrogen-bond acceptors (Lipinski definition) is 3. The van der Waals surface area contributed by atoms with Crippen molar-refractivity contribution in [3.05, 3.63) is 95.8 Å². The summed E-state index contributed by atoms with van der Waals surface area (Å²) in [7, 11) is 0.